The first-order valence-electron chi connectivity index (χ1n) is 9.88. The zero-order valence-corrected chi connectivity index (χ0v) is 15.7. The topological polar surface area (TPSA) is 95.7 Å². The highest BCUT2D eigenvalue weighted by Gasteiger charge is 2.32. The average Bonchev–Trinajstić information content (AvgIpc) is 2.69. The van der Waals surface area contributed by atoms with E-state index in [1.807, 2.05) is 13.8 Å². The van der Waals surface area contributed by atoms with Crippen LogP contribution in [0, 0.1) is 11.8 Å². The first-order valence-corrected chi connectivity index (χ1v) is 9.88. The van der Waals surface area contributed by atoms with Gasteiger partial charge >= 0.3 is 0 Å². The summed E-state index contributed by atoms with van der Waals surface area (Å²) in [5.41, 5.74) is 5.93. The molecule has 0 aromatic rings. The summed E-state index contributed by atoms with van der Waals surface area (Å²) >= 11 is 0. The Morgan fingerprint density at radius 1 is 1.28 bits per heavy atom. The zero-order chi connectivity index (χ0) is 18.4. The van der Waals surface area contributed by atoms with Crippen molar-refractivity contribution in [2.45, 2.75) is 83.4 Å². The number of rotatable bonds is 6. The summed E-state index contributed by atoms with van der Waals surface area (Å²) in [4.78, 5) is 26.5. The number of carbonyl (C=O) groups is 2. The molecule has 4 N–H and O–H groups in total. The van der Waals surface area contributed by atoms with Crippen LogP contribution in [0.2, 0.25) is 0 Å². The molecule has 6 nitrogen and oxygen atoms in total. The van der Waals surface area contributed by atoms with E-state index in [0.29, 0.717) is 37.6 Å². The number of nitrogens with zero attached hydrogens (tertiary/aromatic N) is 1. The number of aliphatic hydroxyl groups is 1. The highest BCUT2D eigenvalue weighted by atomic mass is 16.3. The van der Waals surface area contributed by atoms with Crippen LogP contribution in [-0.2, 0) is 9.59 Å². The molecule has 3 atom stereocenters. The Morgan fingerprint density at radius 2 is 1.96 bits per heavy atom. The minimum Gasteiger partial charge on any atom is -0.389 e. The van der Waals surface area contributed by atoms with E-state index < -0.39 is 18.2 Å². The predicted molar refractivity (Wildman–Crippen MR) is 97.8 cm³/mol. The van der Waals surface area contributed by atoms with E-state index in [9.17, 15) is 14.7 Å². The van der Waals surface area contributed by atoms with Crippen LogP contribution in [-0.4, -0.2) is 53.1 Å². The molecule has 2 amide bonds. The normalized spacial score (nSPS) is 27.2. The standard InChI is InChI=1S/C19H35N3O3/c1-13(2)10-15(20)19(25)21-16-8-9-18(24)22(12-17(16)23)11-14-6-4-3-5-7-14/h13-17,23H,3-12,20H2,1-2H3,(H,21,25)/t15-,16-,17-/m0/s1. The molecule has 2 aliphatic rings. The second-order valence-electron chi connectivity index (χ2n) is 8.26. The number of carbonyl (C=O) groups excluding carboxylic acids is 2. The minimum atomic E-state index is -0.731. The molecule has 0 spiro atoms. The molecule has 0 unspecified atom stereocenters. The first-order chi connectivity index (χ1) is 11.9. The van der Waals surface area contributed by atoms with Gasteiger partial charge in [-0.05, 0) is 37.5 Å². The number of hydrogen-bond donors (Lipinski definition) is 3. The van der Waals surface area contributed by atoms with Crippen molar-refractivity contribution in [2.75, 3.05) is 13.1 Å². The molecule has 0 aromatic carbocycles. The SMILES string of the molecule is CC(C)C[C@H](N)C(=O)N[C@H]1CCC(=O)N(CC2CCCCC2)C[C@@H]1O. The van der Waals surface area contributed by atoms with Crippen molar-refractivity contribution < 1.29 is 14.7 Å². The number of hydrogen-bond acceptors (Lipinski definition) is 4. The van der Waals surface area contributed by atoms with Gasteiger partial charge in [-0.3, -0.25) is 9.59 Å². The third-order valence-corrected chi connectivity index (χ3v) is 5.49. The van der Waals surface area contributed by atoms with Crippen LogP contribution in [0.5, 0.6) is 0 Å². The van der Waals surface area contributed by atoms with Crippen LogP contribution in [0.4, 0.5) is 0 Å². The monoisotopic (exact) mass is 353 g/mol. The highest BCUT2D eigenvalue weighted by molar-refractivity contribution is 5.82. The molecule has 25 heavy (non-hydrogen) atoms. The lowest BCUT2D eigenvalue weighted by atomic mass is 9.89. The molecule has 144 valence electrons. The Labute approximate surface area is 151 Å². The van der Waals surface area contributed by atoms with E-state index in [2.05, 4.69) is 5.32 Å². The number of nitrogens with two attached hydrogens (primary N) is 1. The Balaban J connectivity index is 1.88. The van der Waals surface area contributed by atoms with Crippen molar-refractivity contribution in [2.24, 2.45) is 17.6 Å². The number of β-amino-alcohol motifs (C(OH)–C–C–N with tert-alkyl or cyclic N) is 1. The summed E-state index contributed by atoms with van der Waals surface area (Å²) in [6.07, 6.45) is 6.83. The number of likely N-dealkylation sites (tertiary alicyclic amines) is 1. The van der Waals surface area contributed by atoms with E-state index >= 15 is 0 Å². The largest absolute Gasteiger partial charge is 0.389 e. The van der Waals surface area contributed by atoms with Crippen molar-refractivity contribution in [1.29, 1.82) is 0 Å². The van der Waals surface area contributed by atoms with E-state index in [-0.39, 0.29) is 11.8 Å². The lowest BCUT2D eigenvalue weighted by Gasteiger charge is -2.31. The number of nitrogens with one attached hydrogen (secondary N) is 1. The second kappa shape index (κ2) is 9.53. The molecular formula is C19H35N3O3. The number of aliphatic hydroxyl groups excluding tert-OH is 1. The van der Waals surface area contributed by atoms with Gasteiger partial charge in [0.1, 0.15) is 0 Å². The quantitative estimate of drug-likeness (QED) is 0.673. The third kappa shape index (κ3) is 6.26. The molecule has 0 bridgehead atoms. The van der Waals surface area contributed by atoms with Crippen molar-refractivity contribution >= 4 is 11.8 Å². The summed E-state index contributed by atoms with van der Waals surface area (Å²) in [6.45, 7) is 5.09. The molecule has 1 aliphatic carbocycles. The maximum Gasteiger partial charge on any atom is 0.237 e. The van der Waals surface area contributed by atoms with Gasteiger partial charge in [-0.15, -0.1) is 0 Å². The van der Waals surface area contributed by atoms with Crippen LogP contribution < -0.4 is 11.1 Å². The molecule has 1 saturated heterocycles. The minimum absolute atomic E-state index is 0.0906. The molecule has 2 fully saturated rings. The maximum absolute atomic E-state index is 12.4. The zero-order valence-electron chi connectivity index (χ0n) is 15.7. The molecule has 1 aliphatic heterocycles. The average molecular weight is 354 g/mol. The summed E-state index contributed by atoms with van der Waals surface area (Å²) < 4.78 is 0. The van der Waals surface area contributed by atoms with Crippen molar-refractivity contribution in [1.82, 2.24) is 10.2 Å². The Kier molecular flexibility index (Phi) is 7.69. The summed E-state index contributed by atoms with van der Waals surface area (Å²) in [7, 11) is 0. The lowest BCUT2D eigenvalue weighted by Crippen LogP contribution is -2.51. The molecule has 1 saturated carbocycles. The van der Waals surface area contributed by atoms with Gasteiger partial charge in [0, 0.05) is 19.5 Å². The van der Waals surface area contributed by atoms with Gasteiger partial charge in [0.05, 0.1) is 18.2 Å². The maximum atomic E-state index is 12.4. The molecule has 6 heteroatoms. The highest BCUT2D eigenvalue weighted by Crippen LogP contribution is 2.25. The van der Waals surface area contributed by atoms with Gasteiger partial charge in [0.15, 0.2) is 0 Å². The van der Waals surface area contributed by atoms with Crippen LogP contribution in [0.3, 0.4) is 0 Å². The molecule has 1 heterocycles. The Morgan fingerprint density at radius 3 is 2.60 bits per heavy atom. The van der Waals surface area contributed by atoms with Crippen LogP contribution in [0.15, 0.2) is 0 Å². The summed E-state index contributed by atoms with van der Waals surface area (Å²) in [5, 5.41) is 13.4. The van der Waals surface area contributed by atoms with Gasteiger partial charge in [-0.1, -0.05) is 33.1 Å². The Bertz CT molecular complexity index is 449. The van der Waals surface area contributed by atoms with Crippen molar-refractivity contribution in [3.8, 4) is 0 Å². The fourth-order valence-corrected chi connectivity index (χ4v) is 4.02. The third-order valence-electron chi connectivity index (χ3n) is 5.49. The lowest BCUT2D eigenvalue weighted by molar-refractivity contribution is -0.132. The molecule has 0 radical (unpaired) electrons. The van der Waals surface area contributed by atoms with Gasteiger partial charge in [0.2, 0.25) is 11.8 Å². The summed E-state index contributed by atoms with van der Waals surface area (Å²) in [6, 6.07) is -0.962. The smallest absolute Gasteiger partial charge is 0.237 e. The van der Waals surface area contributed by atoms with Gasteiger partial charge in [-0.2, -0.15) is 0 Å². The van der Waals surface area contributed by atoms with E-state index in [1.165, 1.54) is 32.1 Å². The van der Waals surface area contributed by atoms with Crippen LogP contribution in [0.1, 0.15) is 65.2 Å². The first kappa shape index (κ1) is 20.2. The summed E-state index contributed by atoms with van der Waals surface area (Å²) in [5.74, 6) is 0.752. The van der Waals surface area contributed by atoms with Gasteiger partial charge in [-0.25, -0.2) is 0 Å². The van der Waals surface area contributed by atoms with E-state index in [4.69, 9.17) is 5.73 Å². The van der Waals surface area contributed by atoms with E-state index in [0.717, 1.165) is 6.54 Å². The fraction of sp³-hybridized carbons (Fsp3) is 0.895. The molecule has 2 rings (SSSR count). The van der Waals surface area contributed by atoms with Gasteiger partial charge in [0.25, 0.3) is 0 Å². The van der Waals surface area contributed by atoms with Crippen LogP contribution >= 0.6 is 0 Å². The van der Waals surface area contributed by atoms with Crippen LogP contribution in [0.25, 0.3) is 0 Å². The second-order valence-corrected chi connectivity index (χ2v) is 8.26. The molecule has 0 aromatic heterocycles. The van der Waals surface area contributed by atoms with Gasteiger partial charge < -0.3 is 21.1 Å². The molecular weight excluding hydrogens is 318 g/mol. The van der Waals surface area contributed by atoms with Crippen molar-refractivity contribution in [3.63, 3.8) is 0 Å². The Hall–Kier alpha value is -1.14. The fourth-order valence-electron chi connectivity index (χ4n) is 4.02. The number of amides is 2. The predicted octanol–water partition coefficient (Wildman–Crippen LogP) is 1.41. The van der Waals surface area contributed by atoms with Crippen molar-refractivity contribution in [3.05, 3.63) is 0 Å². The van der Waals surface area contributed by atoms with E-state index in [1.54, 1.807) is 4.90 Å².